The molecule has 6 nitrogen and oxygen atoms in total. The van der Waals surface area contributed by atoms with Gasteiger partial charge in [-0.25, -0.2) is 0 Å². The van der Waals surface area contributed by atoms with Gasteiger partial charge >= 0.3 is 0 Å². The molecule has 0 aliphatic carbocycles. The van der Waals surface area contributed by atoms with Crippen LogP contribution in [0.25, 0.3) is 0 Å². The van der Waals surface area contributed by atoms with Crippen LogP contribution in [0.2, 0.25) is 0 Å². The average Bonchev–Trinajstić information content (AvgIpc) is 2.77. The van der Waals surface area contributed by atoms with Crippen LogP contribution in [0.1, 0.15) is 40.0 Å². The highest BCUT2D eigenvalue weighted by Gasteiger charge is 2.34. The van der Waals surface area contributed by atoms with Gasteiger partial charge in [-0.1, -0.05) is 18.6 Å². The third-order valence-electron chi connectivity index (χ3n) is 3.81. The molecule has 6 heteroatoms. The second kappa shape index (κ2) is 8.03. The molecule has 0 aromatic heterocycles. The van der Waals surface area contributed by atoms with Gasteiger partial charge in [0, 0.05) is 32.2 Å². The van der Waals surface area contributed by atoms with Crippen molar-refractivity contribution in [2.45, 2.75) is 25.3 Å². The molecule has 1 aliphatic heterocycles. The number of unbranched alkanes of at least 4 members (excludes halogenated alkanes) is 1. The van der Waals surface area contributed by atoms with Crippen molar-refractivity contribution < 1.29 is 9.59 Å². The highest BCUT2D eigenvalue weighted by atomic mass is 16.2. The van der Waals surface area contributed by atoms with Crippen molar-refractivity contribution in [2.75, 3.05) is 26.2 Å². The van der Waals surface area contributed by atoms with Gasteiger partial charge in [0.05, 0.1) is 11.1 Å². The lowest BCUT2D eigenvalue weighted by Crippen LogP contribution is -2.36. The van der Waals surface area contributed by atoms with Crippen LogP contribution in [0.5, 0.6) is 0 Å². The predicted molar refractivity (Wildman–Crippen MR) is 85.6 cm³/mol. The number of benzene rings is 1. The van der Waals surface area contributed by atoms with E-state index < -0.39 is 0 Å². The van der Waals surface area contributed by atoms with Crippen molar-refractivity contribution >= 4 is 11.8 Å². The van der Waals surface area contributed by atoms with E-state index in [0.29, 0.717) is 24.2 Å². The molecule has 120 valence electrons. The number of nitrogens with one attached hydrogen (secondary N) is 1. The SMILES string of the molecule is NCCNCC(N)CCCCN1C(=O)c2ccccc2C1=O. The number of nitrogens with zero attached hydrogens (tertiary/aromatic N) is 1. The third kappa shape index (κ3) is 3.91. The Balaban J connectivity index is 1.72. The lowest BCUT2D eigenvalue weighted by atomic mass is 10.1. The van der Waals surface area contributed by atoms with Gasteiger partial charge in [-0.3, -0.25) is 14.5 Å². The molecule has 5 N–H and O–H groups in total. The Labute approximate surface area is 130 Å². The summed E-state index contributed by atoms with van der Waals surface area (Å²) in [6.45, 7) is 2.56. The summed E-state index contributed by atoms with van der Waals surface area (Å²) < 4.78 is 0. The normalized spacial score (nSPS) is 15.3. The lowest BCUT2D eigenvalue weighted by molar-refractivity contribution is 0.0651. The number of hydrogen-bond acceptors (Lipinski definition) is 5. The number of imide groups is 1. The quantitative estimate of drug-likeness (QED) is 0.451. The summed E-state index contributed by atoms with van der Waals surface area (Å²) >= 11 is 0. The summed E-state index contributed by atoms with van der Waals surface area (Å²) in [6, 6.07) is 7.04. The predicted octanol–water partition coefficient (Wildman–Crippen LogP) is 0.329. The van der Waals surface area contributed by atoms with Crippen LogP contribution in [0.15, 0.2) is 24.3 Å². The van der Waals surface area contributed by atoms with E-state index in [4.69, 9.17) is 11.5 Å². The maximum Gasteiger partial charge on any atom is 0.261 e. The van der Waals surface area contributed by atoms with Crippen molar-refractivity contribution in [2.24, 2.45) is 11.5 Å². The molecule has 0 bridgehead atoms. The van der Waals surface area contributed by atoms with E-state index in [1.165, 1.54) is 4.90 Å². The largest absolute Gasteiger partial charge is 0.329 e. The van der Waals surface area contributed by atoms with Gasteiger partial charge in [-0.05, 0) is 25.0 Å². The zero-order chi connectivity index (χ0) is 15.9. The molecule has 0 radical (unpaired) electrons. The first kappa shape index (κ1) is 16.6. The fourth-order valence-corrected chi connectivity index (χ4v) is 2.61. The first-order valence-corrected chi connectivity index (χ1v) is 7.76. The standard InChI is InChI=1S/C16H24N4O2/c17-8-9-19-11-12(18)5-3-4-10-20-15(21)13-6-1-2-7-14(13)16(20)22/h1-2,6-7,12,19H,3-5,8-11,17-18H2. The molecule has 2 amide bonds. The van der Waals surface area contributed by atoms with Gasteiger partial charge in [-0.2, -0.15) is 0 Å². The van der Waals surface area contributed by atoms with Gasteiger partial charge < -0.3 is 16.8 Å². The van der Waals surface area contributed by atoms with Gasteiger partial charge in [0.2, 0.25) is 0 Å². The van der Waals surface area contributed by atoms with Crippen molar-refractivity contribution in [3.8, 4) is 0 Å². The Hall–Kier alpha value is -1.76. The fourth-order valence-electron chi connectivity index (χ4n) is 2.61. The molecule has 1 aromatic rings. The van der Waals surface area contributed by atoms with Crippen molar-refractivity contribution in [3.63, 3.8) is 0 Å². The van der Waals surface area contributed by atoms with Gasteiger partial charge in [-0.15, -0.1) is 0 Å². The summed E-state index contributed by atoms with van der Waals surface area (Å²) in [6.07, 6.45) is 2.52. The number of rotatable bonds is 9. The van der Waals surface area contributed by atoms with Crippen LogP contribution < -0.4 is 16.8 Å². The van der Waals surface area contributed by atoms with Crippen molar-refractivity contribution in [1.29, 1.82) is 0 Å². The zero-order valence-electron chi connectivity index (χ0n) is 12.8. The Kier molecular flexibility index (Phi) is 6.06. The lowest BCUT2D eigenvalue weighted by Gasteiger charge is -2.15. The Morgan fingerprint density at radius 1 is 1.09 bits per heavy atom. The first-order valence-electron chi connectivity index (χ1n) is 7.76. The van der Waals surface area contributed by atoms with Crippen LogP contribution in [0.3, 0.4) is 0 Å². The highest BCUT2D eigenvalue weighted by Crippen LogP contribution is 2.22. The number of hydrogen-bond donors (Lipinski definition) is 3. The number of fused-ring (bicyclic) bond motifs is 1. The molecule has 0 saturated heterocycles. The highest BCUT2D eigenvalue weighted by molar-refractivity contribution is 6.21. The number of amides is 2. The van der Waals surface area contributed by atoms with E-state index in [1.807, 2.05) is 0 Å². The molecule has 1 aromatic carbocycles. The molecule has 1 atom stereocenters. The summed E-state index contributed by atoms with van der Waals surface area (Å²) in [5, 5.41) is 3.17. The van der Waals surface area contributed by atoms with E-state index in [0.717, 1.165) is 32.4 Å². The average molecular weight is 304 g/mol. The summed E-state index contributed by atoms with van der Waals surface area (Å²) in [4.78, 5) is 25.7. The van der Waals surface area contributed by atoms with E-state index >= 15 is 0 Å². The van der Waals surface area contributed by atoms with E-state index in [-0.39, 0.29) is 17.9 Å². The molecule has 0 fully saturated rings. The Morgan fingerprint density at radius 3 is 2.32 bits per heavy atom. The minimum Gasteiger partial charge on any atom is -0.329 e. The number of nitrogens with two attached hydrogens (primary N) is 2. The topological polar surface area (TPSA) is 101 Å². The maximum absolute atomic E-state index is 12.2. The summed E-state index contributed by atoms with van der Waals surface area (Å²) in [7, 11) is 0. The monoisotopic (exact) mass is 304 g/mol. The minimum atomic E-state index is -0.186. The van der Waals surface area contributed by atoms with Crippen LogP contribution >= 0.6 is 0 Å². The van der Waals surface area contributed by atoms with Crippen molar-refractivity contribution in [3.05, 3.63) is 35.4 Å². The molecule has 22 heavy (non-hydrogen) atoms. The fraction of sp³-hybridized carbons (Fsp3) is 0.500. The van der Waals surface area contributed by atoms with E-state index in [2.05, 4.69) is 5.32 Å². The van der Waals surface area contributed by atoms with Crippen LogP contribution in [0, 0.1) is 0 Å². The number of carbonyl (C=O) groups excluding carboxylic acids is 2. The Bertz CT molecular complexity index is 498. The minimum absolute atomic E-state index is 0.0775. The third-order valence-corrected chi connectivity index (χ3v) is 3.81. The van der Waals surface area contributed by atoms with E-state index in [9.17, 15) is 9.59 Å². The van der Waals surface area contributed by atoms with Gasteiger partial charge in [0.1, 0.15) is 0 Å². The molecule has 1 heterocycles. The molecule has 0 saturated carbocycles. The summed E-state index contributed by atoms with van der Waals surface area (Å²) in [5.74, 6) is -0.371. The van der Waals surface area contributed by atoms with Crippen LogP contribution in [0.4, 0.5) is 0 Å². The zero-order valence-corrected chi connectivity index (χ0v) is 12.8. The molecule has 1 aliphatic rings. The van der Waals surface area contributed by atoms with Gasteiger partial charge in [0.25, 0.3) is 11.8 Å². The van der Waals surface area contributed by atoms with Crippen LogP contribution in [-0.2, 0) is 0 Å². The first-order chi connectivity index (χ1) is 10.6. The van der Waals surface area contributed by atoms with E-state index in [1.54, 1.807) is 24.3 Å². The van der Waals surface area contributed by atoms with Crippen LogP contribution in [-0.4, -0.2) is 48.9 Å². The second-order valence-corrected chi connectivity index (χ2v) is 5.56. The maximum atomic E-state index is 12.2. The van der Waals surface area contributed by atoms with Gasteiger partial charge in [0.15, 0.2) is 0 Å². The smallest absolute Gasteiger partial charge is 0.261 e. The molecular weight excluding hydrogens is 280 g/mol. The van der Waals surface area contributed by atoms with Crippen molar-refractivity contribution in [1.82, 2.24) is 10.2 Å². The number of carbonyl (C=O) groups is 2. The molecule has 2 rings (SSSR count). The molecule has 1 unspecified atom stereocenters. The molecular formula is C16H24N4O2. The summed E-state index contributed by atoms with van der Waals surface area (Å²) in [5.41, 5.74) is 12.4. The molecule has 0 spiro atoms. The Morgan fingerprint density at radius 2 is 1.73 bits per heavy atom. The second-order valence-electron chi connectivity index (χ2n) is 5.56.